The van der Waals surface area contributed by atoms with Crippen LogP contribution in [0.5, 0.6) is 5.75 Å². The number of methoxy groups -OCH3 is 1. The molecule has 2 heterocycles. The van der Waals surface area contributed by atoms with Crippen molar-refractivity contribution in [1.29, 1.82) is 0 Å². The van der Waals surface area contributed by atoms with E-state index in [1.807, 2.05) is 6.92 Å². The van der Waals surface area contributed by atoms with Crippen LogP contribution in [0.4, 0.5) is 5.69 Å². The van der Waals surface area contributed by atoms with E-state index < -0.39 is 0 Å². The van der Waals surface area contributed by atoms with Crippen LogP contribution in [0.15, 0.2) is 16.9 Å². The fourth-order valence-corrected chi connectivity index (χ4v) is 5.90. The normalized spacial score (nSPS) is 13.4. The van der Waals surface area contributed by atoms with Crippen molar-refractivity contribution < 1.29 is 9.53 Å². The Balaban J connectivity index is 1.74. The monoisotopic (exact) mass is 502 g/mol. The van der Waals surface area contributed by atoms with Crippen LogP contribution in [0.1, 0.15) is 48.5 Å². The Labute approximate surface area is 208 Å². The zero-order valence-electron chi connectivity index (χ0n) is 20.2. The van der Waals surface area contributed by atoms with E-state index in [0.29, 0.717) is 34.2 Å². The molecular weight excluding hydrogens is 472 g/mol. The fraction of sp³-hybridized carbons (Fsp3) is 0.480. The molecule has 0 unspecified atom stereocenters. The summed E-state index contributed by atoms with van der Waals surface area (Å²) in [6, 6.07) is 3.45. The van der Waals surface area contributed by atoms with E-state index in [2.05, 4.69) is 24.1 Å². The molecule has 1 aliphatic rings. The highest BCUT2D eigenvalue weighted by molar-refractivity contribution is 7.18. The van der Waals surface area contributed by atoms with Gasteiger partial charge in [0.15, 0.2) is 0 Å². The molecule has 1 amide bonds. The molecule has 0 fully saturated rings. The van der Waals surface area contributed by atoms with Gasteiger partial charge in [0.05, 0.1) is 24.7 Å². The Morgan fingerprint density at radius 1 is 1.26 bits per heavy atom. The van der Waals surface area contributed by atoms with E-state index in [4.69, 9.17) is 21.3 Å². The van der Waals surface area contributed by atoms with Crippen LogP contribution < -0.4 is 15.6 Å². The smallest absolute Gasteiger partial charge is 0.263 e. The number of aryl methyl sites for hydroxylation is 3. The van der Waals surface area contributed by atoms with Gasteiger partial charge in [-0.3, -0.25) is 19.1 Å². The SMILES string of the molecule is CCN(CC)Cc1nc2sc3c(c2c(=O)n1CC(=O)Nc1cc(C)c(Cl)cc1OC)CCCC3. The number of anilines is 1. The number of aromatic nitrogens is 2. The van der Waals surface area contributed by atoms with Crippen molar-refractivity contribution in [3.05, 3.63) is 49.3 Å². The number of hydrogen-bond acceptors (Lipinski definition) is 6. The molecular formula is C25H31ClN4O3S. The Morgan fingerprint density at radius 2 is 2.00 bits per heavy atom. The number of amides is 1. The summed E-state index contributed by atoms with van der Waals surface area (Å²) in [5.74, 6) is 0.780. The maximum absolute atomic E-state index is 13.7. The number of nitrogens with zero attached hydrogens (tertiary/aromatic N) is 3. The van der Waals surface area contributed by atoms with Gasteiger partial charge in [0.2, 0.25) is 5.91 Å². The van der Waals surface area contributed by atoms with Gasteiger partial charge in [-0.05, 0) is 62.9 Å². The third kappa shape index (κ3) is 4.85. The van der Waals surface area contributed by atoms with Crippen LogP contribution in [0.3, 0.4) is 0 Å². The molecule has 0 radical (unpaired) electrons. The predicted octanol–water partition coefficient (Wildman–Crippen LogP) is 4.79. The zero-order valence-corrected chi connectivity index (χ0v) is 21.7. The Hall–Kier alpha value is -2.42. The summed E-state index contributed by atoms with van der Waals surface area (Å²) >= 11 is 7.84. The molecule has 4 rings (SSSR count). The van der Waals surface area contributed by atoms with Crippen molar-refractivity contribution in [2.24, 2.45) is 0 Å². The quantitative estimate of drug-likeness (QED) is 0.479. The van der Waals surface area contributed by atoms with Crippen LogP contribution in [0, 0.1) is 6.92 Å². The number of halogens is 1. The average Bonchev–Trinajstić information content (AvgIpc) is 3.20. The predicted molar refractivity (Wildman–Crippen MR) is 139 cm³/mol. The minimum atomic E-state index is -0.312. The molecule has 7 nitrogen and oxygen atoms in total. The first-order valence-corrected chi connectivity index (χ1v) is 13.0. The maximum Gasteiger partial charge on any atom is 0.263 e. The number of carbonyl (C=O) groups is 1. The van der Waals surface area contributed by atoms with Crippen molar-refractivity contribution in [3.8, 4) is 5.75 Å². The lowest BCUT2D eigenvalue weighted by molar-refractivity contribution is -0.116. The highest BCUT2D eigenvalue weighted by Gasteiger charge is 2.24. The fourth-order valence-electron chi connectivity index (χ4n) is 4.47. The molecule has 182 valence electrons. The molecule has 9 heteroatoms. The average molecular weight is 503 g/mol. The van der Waals surface area contributed by atoms with Crippen LogP contribution >= 0.6 is 22.9 Å². The molecule has 1 N–H and O–H groups in total. The molecule has 2 aromatic heterocycles. The second-order valence-corrected chi connectivity index (χ2v) is 10.1. The van der Waals surface area contributed by atoms with Crippen molar-refractivity contribution in [2.45, 2.75) is 59.5 Å². The summed E-state index contributed by atoms with van der Waals surface area (Å²) in [7, 11) is 1.53. The van der Waals surface area contributed by atoms with Crippen LogP contribution in [0.25, 0.3) is 10.2 Å². The van der Waals surface area contributed by atoms with Crippen LogP contribution in [0.2, 0.25) is 5.02 Å². The van der Waals surface area contributed by atoms with Crippen molar-refractivity contribution in [3.63, 3.8) is 0 Å². The van der Waals surface area contributed by atoms with Gasteiger partial charge >= 0.3 is 0 Å². The summed E-state index contributed by atoms with van der Waals surface area (Å²) in [4.78, 5) is 36.1. The largest absolute Gasteiger partial charge is 0.495 e. The van der Waals surface area contributed by atoms with E-state index in [0.717, 1.165) is 54.7 Å². The third-order valence-electron chi connectivity index (χ3n) is 6.47. The number of benzene rings is 1. The van der Waals surface area contributed by atoms with Gasteiger partial charge in [-0.15, -0.1) is 11.3 Å². The molecule has 0 atom stereocenters. The van der Waals surface area contributed by atoms with Gasteiger partial charge < -0.3 is 10.1 Å². The van der Waals surface area contributed by atoms with E-state index in [-0.39, 0.29) is 18.0 Å². The number of ether oxygens (including phenoxy) is 1. The van der Waals surface area contributed by atoms with Gasteiger partial charge in [0.25, 0.3) is 5.56 Å². The zero-order chi connectivity index (χ0) is 24.4. The van der Waals surface area contributed by atoms with Gasteiger partial charge in [-0.25, -0.2) is 4.98 Å². The first-order valence-electron chi connectivity index (χ1n) is 11.8. The Kier molecular flexibility index (Phi) is 7.60. The number of rotatable bonds is 8. The van der Waals surface area contributed by atoms with Crippen molar-refractivity contribution in [1.82, 2.24) is 14.5 Å². The molecule has 1 aromatic carbocycles. The van der Waals surface area contributed by atoms with E-state index in [9.17, 15) is 9.59 Å². The molecule has 1 aliphatic carbocycles. The maximum atomic E-state index is 13.7. The highest BCUT2D eigenvalue weighted by atomic mass is 35.5. The lowest BCUT2D eigenvalue weighted by Crippen LogP contribution is -2.34. The second-order valence-electron chi connectivity index (χ2n) is 8.62. The minimum absolute atomic E-state index is 0.117. The van der Waals surface area contributed by atoms with E-state index in [1.54, 1.807) is 28.0 Å². The van der Waals surface area contributed by atoms with Gasteiger partial charge in [0.1, 0.15) is 22.9 Å². The molecule has 0 spiro atoms. The van der Waals surface area contributed by atoms with Crippen molar-refractivity contribution in [2.75, 3.05) is 25.5 Å². The van der Waals surface area contributed by atoms with Crippen molar-refractivity contribution >= 4 is 44.7 Å². The number of fused-ring (bicyclic) bond motifs is 3. The molecule has 34 heavy (non-hydrogen) atoms. The summed E-state index contributed by atoms with van der Waals surface area (Å²) in [5.41, 5.74) is 2.35. The number of hydrogen-bond donors (Lipinski definition) is 1. The molecule has 0 saturated carbocycles. The minimum Gasteiger partial charge on any atom is -0.495 e. The topological polar surface area (TPSA) is 76.5 Å². The van der Waals surface area contributed by atoms with Gasteiger partial charge in [-0.2, -0.15) is 0 Å². The van der Waals surface area contributed by atoms with E-state index >= 15 is 0 Å². The highest BCUT2D eigenvalue weighted by Crippen LogP contribution is 2.34. The summed E-state index contributed by atoms with van der Waals surface area (Å²) in [6.07, 6.45) is 4.12. The third-order valence-corrected chi connectivity index (χ3v) is 8.06. The van der Waals surface area contributed by atoms with Gasteiger partial charge in [0, 0.05) is 16.0 Å². The molecule has 0 bridgehead atoms. The summed E-state index contributed by atoms with van der Waals surface area (Å²) in [6.45, 7) is 8.08. The summed E-state index contributed by atoms with van der Waals surface area (Å²) in [5, 5.41) is 4.15. The lowest BCUT2D eigenvalue weighted by atomic mass is 9.97. The lowest BCUT2D eigenvalue weighted by Gasteiger charge is -2.20. The molecule has 0 saturated heterocycles. The first kappa shape index (κ1) is 24.7. The van der Waals surface area contributed by atoms with Gasteiger partial charge in [-0.1, -0.05) is 25.4 Å². The molecule has 3 aromatic rings. The molecule has 0 aliphatic heterocycles. The van der Waals surface area contributed by atoms with Crippen LogP contribution in [-0.2, 0) is 30.7 Å². The summed E-state index contributed by atoms with van der Waals surface area (Å²) < 4.78 is 6.93. The first-order chi connectivity index (χ1) is 16.4. The standard InChI is InChI=1S/C25H31ClN4O3S/c1-5-29(6-2)13-21-28-24-23(16-9-7-8-10-20(16)34-24)25(32)30(21)14-22(31)27-18-11-15(3)17(26)12-19(18)33-4/h11-12H,5-10,13-14H2,1-4H3,(H,27,31). The second kappa shape index (κ2) is 10.5. The number of thiophene rings is 1. The van der Waals surface area contributed by atoms with Crippen LogP contribution in [-0.4, -0.2) is 40.6 Å². The number of carbonyl (C=O) groups excluding carboxylic acids is 1. The van der Waals surface area contributed by atoms with E-state index in [1.165, 1.54) is 12.0 Å². The Bertz CT molecular complexity index is 1280. The number of nitrogens with one attached hydrogen (secondary N) is 1. The Morgan fingerprint density at radius 3 is 2.71 bits per heavy atom.